The minimum absolute atomic E-state index is 0.00466. The summed E-state index contributed by atoms with van der Waals surface area (Å²) in [4.78, 5) is 62.1. The Morgan fingerprint density at radius 2 is 1.61 bits per heavy atom. The first-order valence-electron chi connectivity index (χ1n) is 27.0. The van der Waals surface area contributed by atoms with Crippen LogP contribution in [0.15, 0.2) is 77.0 Å². The van der Waals surface area contributed by atoms with Crippen molar-refractivity contribution < 1.29 is 73.2 Å². The molecule has 17 heteroatoms. The van der Waals surface area contributed by atoms with Crippen LogP contribution in [0.5, 0.6) is 5.75 Å². The van der Waals surface area contributed by atoms with Gasteiger partial charge in [-0.15, -0.1) is 0 Å². The number of allylic oxidation sites excluding steroid dienone is 5. The molecule has 3 heterocycles. The number of carbonyl (C=O) groups is 4. The van der Waals surface area contributed by atoms with Gasteiger partial charge in [-0.05, 0) is 125 Å². The zero-order chi connectivity index (χ0) is 55.1. The number of carbonyl (C=O) groups excluding carboxylic acids is 3. The predicted molar refractivity (Wildman–Crippen MR) is 283 cm³/mol. The van der Waals surface area contributed by atoms with Crippen molar-refractivity contribution in [2.24, 2.45) is 40.7 Å². The number of methoxy groups -OCH3 is 3. The summed E-state index contributed by atoms with van der Waals surface area (Å²) < 4.78 is 30.1. The first kappa shape index (κ1) is 61.3. The minimum atomic E-state index is -2.44. The molecule has 2 bridgehead atoms. The third kappa shape index (κ3) is 16.5. The van der Waals surface area contributed by atoms with Crippen molar-refractivity contribution in [3.63, 3.8) is 0 Å². The number of benzene rings is 1. The molecule has 16 atom stereocenters. The lowest BCUT2D eigenvalue weighted by atomic mass is 9.78. The molecular weight excluding hydrogens is 965 g/mol. The Balaban J connectivity index is 1.53. The average molecular weight is 1050 g/mol. The zero-order valence-corrected chi connectivity index (χ0v) is 45.8. The smallest absolute Gasteiger partial charge is 0.335 e. The van der Waals surface area contributed by atoms with Crippen molar-refractivity contribution in [2.45, 2.75) is 186 Å². The van der Waals surface area contributed by atoms with E-state index in [1.165, 1.54) is 24.1 Å². The summed E-state index contributed by atoms with van der Waals surface area (Å²) in [5.74, 6) is -8.12. The Morgan fingerprint density at radius 3 is 2.31 bits per heavy atom. The summed E-state index contributed by atoms with van der Waals surface area (Å²) in [5, 5.41) is 60.9. The van der Waals surface area contributed by atoms with Crippen molar-refractivity contribution in [3.05, 3.63) is 77.4 Å². The largest absolute Gasteiger partial charge is 0.478 e. The number of fused-ring (bicyclic) bond motifs is 3. The van der Waals surface area contributed by atoms with Gasteiger partial charge in [-0.3, -0.25) is 9.59 Å². The molecule has 17 nitrogen and oxygen atoms in total. The van der Waals surface area contributed by atoms with Gasteiger partial charge in [0.15, 0.2) is 5.75 Å². The standard InChI is InChI=1S/C58H86N2O15/c1-34-17-12-11-13-18-35(2)48(70-8)32-43-24-22-40(7)58(69,74-43)54(64)55(65)60-26-15-14-21-45(60)57(68)73-49(37(4)29-41-23-25-46(61)50(30-41)71-9)33-47(62)36(3)28-39(6)52(63)53(72-10)51(38(5)27-34)59-75-44-20-16-19-42(31-44)56(66)67/h11-13,16-20,28,31,34,36-38,40-41,43,45-50,52-53,61-63,69H,14-15,21-27,29-30,32-33H2,1-10H3,(H,66,67)/b13-11+,17-12+,35-18+,39-28+,59-51+/t34-,36-,37-,38-,40-,41+,43+,45+,46-,47-,48+,49+,50-,52-,53+,58-/m1/s1. The normalized spacial score (nSPS) is 38.0. The van der Waals surface area contributed by atoms with Crippen molar-refractivity contribution in [3.8, 4) is 5.75 Å². The SMILES string of the molecule is CO[C@H]1C[C@@H]2CC[C@@H](C)[C@@](O)(O2)C(=O)C(=O)N2CCCC[C@H]2C(=O)O[C@H]([C@H](C)C[C@@H]2CC[C@@H](O)[C@H](OC)C2)C[C@@H](O)[C@H](C)/C=C(\C)[C@@H](O)[C@@H](OC)/C(=N/Oc2cccc(C(=O)O)c2)[C@H](C)C[C@H](C)/C=C/C=C/C=C/1C. The molecule has 5 rings (SSSR count). The van der Waals surface area contributed by atoms with E-state index >= 15 is 0 Å². The van der Waals surface area contributed by atoms with Crippen molar-refractivity contribution in [2.75, 3.05) is 27.9 Å². The van der Waals surface area contributed by atoms with Crippen LogP contribution < -0.4 is 4.84 Å². The van der Waals surface area contributed by atoms with Crippen LogP contribution in [-0.4, -0.2) is 148 Å². The molecule has 1 amide bonds. The summed E-state index contributed by atoms with van der Waals surface area (Å²) in [6.45, 7) is 13.1. The molecule has 1 aromatic carbocycles. The van der Waals surface area contributed by atoms with E-state index in [0.717, 1.165) is 12.0 Å². The number of aliphatic hydroxyl groups is 4. The van der Waals surface area contributed by atoms with Crippen LogP contribution in [0.2, 0.25) is 0 Å². The quantitative estimate of drug-likeness (QED) is 0.0695. The first-order chi connectivity index (χ1) is 35.6. The molecule has 0 radical (unpaired) electrons. The molecule has 3 aliphatic heterocycles. The van der Waals surface area contributed by atoms with Crippen LogP contribution >= 0.6 is 0 Å². The summed E-state index contributed by atoms with van der Waals surface area (Å²) in [7, 11) is 4.60. The van der Waals surface area contributed by atoms with Crippen molar-refractivity contribution in [1.82, 2.24) is 4.90 Å². The van der Waals surface area contributed by atoms with Crippen LogP contribution in [-0.2, 0) is 38.1 Å². The number of ketones is 1. The monoisotopic (exact) mass is 1050 g/mol. The third-order valence-electron chi connectivity index (χ3n) is 16.0. The number of hydrogen-bond donors (Lipinski definition) is 5. The number of Topliss-reactive ketones (excluding diaryl/α,β-unsaturated/α-hetero) is 1. The maximum absolute atomic E-state index is 14.6. The number of hydrogen-bond acceptors (Lipinski definition) is 15. The number of rotatable bonds is 9. The highest BCUT2D eigenvalue weighted by atomic mass is 16.6. The fourth-order valence-corrected chi connectivity index (χ4v) is 11.2. The molecule has 5 N–H and O–H groups in total. The summed E-state index contributed by atoms with van der Waals surface area (Å²) in [5.41, 5.74) is 1.71. The van der Waals surface area contributed by atoms with Crippen molar-refractivity contribution in [1.29, 1.82) is 0 Å². The number of oxime groups is 1. The molecule has 0 spiro atoms. The maximum Gasteiger partial charge on any atom is 0.335 e. The number of aliphatic hydroxyl groups excluding tert-OH is 3. The van der Waals surface area contributed by atoms with Gasteiger partial charge < -0.3 is 59.0 Å². The number of carboxylic acids is 1. The second kappa shape index (κ2) is 28.7. The van der Waals surface area contributed by atoms with Crippen LogP contribution in [0, 0.1) is 35.5 Å². The average Bonchev–Trinajstić information content (AvgIpc) is 3.39. The molecule has 1 aromatic rings. The molecule has 0 unspecified atom stereocenters. The van der Waals surface area contributed by atoms with Crippen LogP contribution in [0.4, 0.5) is 0 Å². The maximum atomic E-state index is 14.6. The van der Waals surface area contributed by atoms with Crippen molar-refractivity contribution >= 4 is 29.3 Å². The third-order valence-corrected chi connectivity index (χ3v) is 16.0. The lowest BCUT2D eigenvalue weighted by Gasteiger charge is -2.43. The second-order valence-electron chi connectivity index (χ2n) is 21.8. The number of piperidine rings is 1. The molecule has 0 aromatic heterocycles. The Labute approximate surface area is 444 Å². The highest BCUT2D eigenvalue weighted by Crippen LogP contribution is 2.38. The van der Waals surface area contributed by atoms with Crippen LogP contribution in [0.3, 0.4) is 0 Å². The zero-order valence-electron chi connectivity index (χ0n) is 45.8. The topological polar surface area (TPSA) is 240 Å². The van der Waals surface area contributed by atoms with Gasteiger partial charge in [-0.25, -0.2) is 9.59 Å². The highest BCUT2D eigenvalue weighted by Gasteiger charge is 2.53. The number of amides is 1. The van der Waals surface area contributed by atoms with Gasteiger partial charge in [0.2, 0.25) is 5.79 Å². The Hall–Kier alpha value is -4.59. The molecule has 4 aliphatic rings. The molecule has 3 fully saturated rings. The van der Waals surface area contributed by atoms with Gasteiger partial charge in [0, 0.05) is 58.5 Å². The van der Waals surface area contributed by atoms with E-state index in [-0.39, 0.29) is 60.5 Å². The molecule has 75 heavy (non-hydrogen) atoms. The fourth-order valence-electron chi connectivity index (χ4n) is 11.2. The number of carboxylic acid groups (broad SMARTS) is 1. The lowest BCUT2D eigenvalue weighted by Crippen LogP contribution is -2.61. The fraction of sp³-hybridized carbons (Fsp3) is 0.672. The van der Waals surface area contributed by atoms with Gasteiger partial charge in [0.25, 0.3) is 11.7 Å². The van der Waals surface area contributed by atoms with Gasteiger partial charge in [-0.1, -0.05) is 82.3 Å². The van der Waals surface area contributed by atoms with E-state index in [1.54, 1.807) is 53.2 Å². The minimum Gasteiger partial charge on any atom is -0.478 e. The Kier molecular flexibility index (Phi) is 23.4. The predicted octanol–water partition coefficient (Wildman–Crippen LogP) is 7.54. The number of esters is 1. The molecular formula is C58H86N2O15. The number of ether oxygens (including phenoxy) is 5. The van der Waals surface area contributed by atoms with E-state index in [1.807, 2.05) is 58.1 Å². The lowest BCUT2D eigenvalue weighted by molar-refractivity contribution is -0.265. The van der Waals surface area contributed by atoms with Gasteiger partial charge in [-0.2, -0.15) is 0 Å². The van der Waals surface area contributed by atoms with Gasteiger partial charge in [0.05, 0.1) is 41.8 Å². The summed E-state index contributed by atoms with van der Waals surface area (Å²) in [6, 6.07) is 4.79. The number of aromatic carboxylic acids is 1. The van der Waals surface area contributed by atoms with E-state index in [2.05, 4.69) is 5.16 Å². The highest BCUT2D eigenvalue weighted by molar-refractivity contribution is 6.39. The molecule has 2 saturated heterocycles. The second-order valence-corrected chi connectivity index (χ2v) is 21.8. The van der Waals surface area contributed by atoms with E-state index in [0.29, 0.717) is 69.1 Å². The summed E-state index contributed by atoms with van der Waals surface area (Å²) >= 11 is 0. The van der Waals surface area contributed by atoms with Crippen LogP contribution in [0.25, 0.3) is 0 Å². The first-order valence-corrected chi connectivity index (χ1v) is 27.0. The Bertz CT molecular complexity index is 2230. The molecule has 1 saturated carbocycles. The van der Waals surface area contributed by atoms with E-state index in [9.17, 15) is 44.7 Å². The molecule has 1 aliphatic carbocycles. The van der Waals surface area contributed by atoms with Crippen LogP contribution in [0.1, 0.15) is 136 Å². The number of cyclic esters (lactones) is 1. The van der Waals surface area contributed by atoms with Gasteiger partial charge in [0.1, 0.15) is 24.4 Å². The Morgan fingerprint density at radius 1 is 0.867 bits per heavy atom. The van der Waals surface area contributed by atoms with E-state index in [4.69, 9.17) is 28.5 Å². The van der Waals surface area contributed by atoms with Gasteiger partial charge >= 0.3 is 11.9 Å². The number of nitrogens with zero attached hydrogens (tertiary/aromatic N) is 2. The summed E-state index contributed by atoms with van der Waals surface area (Å²) in [6.07, 6.45) is 10.6. The molecule has 418 valence electrons. The van der Waals surface area contributed by atoms with E-state index < -0.39 is 90.0 Å².